The van der Waals surface area contributed by atoms with Crippen LogP contribution in [-0.4, -0.2) is 7.05 Å². The molecule has 0 fully saturated rings. The van der Waals surface area contributed by atoms with Crippen molar-refractivity contribution < 1.29 is 0 Å². The van der Waals surface area contributed by atoms with Gasteiger partial charge >= 0.3 is 0 Å². The SMILES string of the molecule is CC=C(CC)NC. The molecule has 0 aliphatic carbocycles. The van der Waals surface area contributed by atoms with Gasteiger partial charge in [0.2, 0.25) is 0 Å². The minimum Gasteiger partial charge on any atom is -0.392 e. The third kappa shape index (κ3) is 2.26. The molecule has 1 nitrogen and oxygen atoms in total. The Morgan fingerprint density at radius 1 is 1.71 bits per heavy atom. The second-order valence-electron chi connectivity index (χ2n) is 1.42. The molecule has 0 bridgehead atoms. The van der Waals surface area contributed by atoms with Gasteiger partial charge < -0.3 is 5.32 Å². The van der Waals surface area contributed by atoms with E-state index in [4.69, 9.17) is 0 Å². The predicted octanol–water partition coefficient (Wildman–Crippen LogP) is 1.52. The third-order valence-electron chi connectivity index (χ3n) is 1.05. The van der Waals surface area contributed by atoms with Crippen molar-refractivity contribution >= 4 is 0 Å². The molecular formula is C6H13N. The second kappa shape index (κ2) is 3.72. The second-order valence-corrected chi connectivity index (χ2v) is 1.42. The summed E-state index contributed by atoms with van der Waals surface area (Å²) in [6.07, 6.45) is 3.19. The van der Waals surface area contributed by atoms with Gasteiger partial charge in [-0.2, -0.15) is 0 Å². The summed E-state index contributed by atoms with van der Waals surface area (Å²) in [6.45, 7) is 4.17. The van der Waals surface area contributed by atoms with E-state index in [0.717, 1.165) is 6.42 Å². The van der Waals surface area contributed by atoms with Gasteiger partial charge in [-0.3, -0.25) is 0 Å². The van der Waals surface area contributed by atoms with Crippen LogP contribution in [0, 0.1) is 0 Å². The quantitative estimate of drug-likeness (QED) is 0.553. The molecule has 0 amide bonds. The van der Waals surface area contributed by atoms with Crippen molar-refractivity contribution in [3.05, 3.63) is 11.8 Å². The first-order valence-corrected chi connectivity index (χ1v) is 2.68. The van der Waals surface area contributed by atoms with Crippen molar-refractivity contribution in [1.29, 1.82) is 0 Å². The fraction of sp³-hybridized carbons (Fsp3) is 0.667. The smallest absolute Gasteiger partial charge is 0.00579 e. The highest BCUT2D eigenvalue weighted by Gasteiger charge is 1.79. The molecule has 0 radical (unpaired) electrons. The van der Waals surface area contributed by atoms with E-state index in [2.05, 4.69) is 18.3 Å². The third-order valence-corrected chi connectivity index (χ3v) is 1.05. The number of hydrogen-bond acceptors (Lipinski definition) is 1. The molecular weight excluding hydrogens is 86.1 g/mol. The van der Waals surface area contributed by atoms with Crippen LogP contribution < -0.4 is 5.32 Å². The molecule has 0 aromatic heterocycles. The minimum absolute atomic E-state index is 1.10. The normalized spacial score (nSPS) is 11.6. The topological polar surface area (TPSA) is 12.0 Å². The van der Waals surface area contributed by atoms with E-state index in [1.165, 1.54) is 5.70 Å². The van der Waals surface area contributed by atoms with Crippen LogP contribution in [0.5, 0.6) is 0 Å². The van der Waals surface area contributed by atoms with Crippen molar-refractivity contribution in [2.75, 3.05) is 7.05 Å². The Hall–Kier alpha value is -0.460. The molecule has 42 valence electrons. The van der Waals surface area contributed by atoms with Crippen molar-refractivity contribution in [3.8, 4) is 0 Å². The zero-order valence-corrected chi connectivity index (χ0v) is 5.28. The van der Waals surface area contributed by atoms with E-state index < -0.39 is 0 Å². The van der Waals surface area contributed by atoms with E-state index >= 15 is 0 Å². The van der Waals surface area contributed by atoms with E-state index in [-0.39, 0.29) is 0 Å². The molecule has 1 N–H and O–H groups in total. The van der Waals surface area contributed by atoms with E-state index in [0.29, 0.717) is 0 Å². The highest BCUT2D eigenvalue weighted by molar-refractivity contribution is 4.94. The Kier molecular flexibility index (Phi) is 3.48. The highest BCUT2D eigenvalue weighted by atomic mass is 14.8. The molecule has 1 heteroatoms. The van der Waals surface area contributed by atoms with Crippen LogP contribution in [-0.2, 0) is 0 Å². The van der Waals surface area contributed by atoms with Crippen LogP contribution in [0.4, 0.5) is 0 Å². The Balaban J connectivity index is 3.38. The summed E-state index contributed by atoms with van der Waals surface area (Å²) in [5, 5.41) is 3.06. The lowest BCUT2D eigenvalue weighted by atomic mass is 10.3. The van der Waals surface area contributed by atoms with Crippen molar-refractivity contribution in [2.24, 2.45) is 0 Å². The Morgan fingerprint density at radius 2 is 2.29 bits per heavy atom. The Morgan fingerprint density at radius 3 is 2.29 bits per heavy atom. The summed E-state index contributed by atoms with van der Waals surface area (Å²) in [5.41, 5.74) is 1.31. The summed E-state index contributed by atoms with van der Waals surface area (Å²) in [7, 11) is 1.94. The van der Waals surface area contributed by atoms with Gasteiger partial charge in [-0.05, 0) is 13.3 Å². The maximum Gasteiger partial charge on any atom is 0.00579 e. The Bertz CT molecular complexity index is 58.6. The zero-order valence-electron chi connectivity index (χ0n) is 5.28. The first-order chi connectivity index (χ1) is 3.35. The molecule has 0 aromatic rings. The maximum atomic E-state index is 3.06. The van der Waals surface area contributed by atoms with Gasteiger partial charge in [0.25, 0.3) is 0 Å². The zero-order chi connectivity index (χ0) is 5.70. The van der Waals surface area contributed by atoms with Crippen LogP contribution in [0.25, 0.3) is 0 Å². The van der Waals surface area contributed by atoms with Crippen LogP contribution in [0.1, 0.15) is 20.3 Å². The van der Waals surface area contributed by atoms with E-state index in [1.54, 1.807) is 0 Å². The molecule has 0 saturated carbocycles. The lowest BCUT2D eigenvalue weighted by Crippen LogP contribution is -2.02. The van der Waals surface area contributed by atoms with Gasteiger partial charge in [0.15, 0.2) is 0 Å². The molecule has 0 unspecified atom stereocenters. The molecule has 0 aromatic carbocycles. The molecule has 0 aliphatic rings. The number of hydrogen-bond donors (Lipinski definition) is 1. The van der Waals surface area contributed by atoms with Gasteiger partial charge in [-0.25, -0.2) is 0 Å². The molecule has 0 saturated heterocycles. The van der Waals surface area contributed by atoms with Crippen molar-refractivity contribution in [2.45, 2.75) is 20.3 Å². The van der Waals surface area contributed by atoms with Gasteiger partial charge in [-0.1, -0.05) is 13.0 Å². The summed E-state index contributed by atoms with van der Waals surface area (Å²) >= 11 is 0. The molecule has 0 aliphatic heterocycles. The van der Waals surface area contributed by atoms with Crippen LogP contribution >= 0.6 is 0 Å². The average molecular weight is 99.2 g/mol. The van der Waals surface area contributed by atoms with Crippen LogP contribution in [0.3, 0.4) is 0 Å². The predicted molar refractivity (Wildman–Crippen MR) is 33.1 cm³/mol. The molecule has 0 heterocycles. The highest BCUT2D eigenvalue weighted by Crippen LogP contribution is 1.90. The number of nitrogens with one attached hydrogen (secondary N) is 1. The molecule has 0 spiro atoms. The first-order valence-electron chi connectivity index (χ1n) is 2.68. The fourth-order valence-electron chi connectivity index (χ4n) is 0.525. The van der Waals surface area contributed by atoms with E-state index in [9.17, 15) is 0 Å². The van der Waals surface area contributed by atoms with Crippen LogP contribution in [0.15, 0.2) is 11.8 Å². The summed E-state index contributed by atoms with van der Waals surface area (Å²) < 4.78 is 0. The van der Waals surface area contributed by atoms with Gasteiger partial charge in [0.05, 0.1) is 0 Å². The lowest BCUT2D eigenvalue weighted by Gasteiger charge is -1.98. The fourth-order valence-corrected chi connectivity index (χ4v) is 0.525. The van der Waals surface area contributed by atoms with Crippen molar-refractivity contribution in [1.82, 2.24) is 5.32 Å². The number of rotatable bonds is 2. The minimum atomic E-state index is 1.10. The summed E-state index contributed by atoms with van der Waals surface area (Å²) in [4.78, 5) is 0. The van der Waals surface area contributed by atoms with E-state index in [1.807, 2.05) is 14.0 Å². The maximum absolute atomic E-state index is 3.06. The molecule has 0 rings (SSSR count). The lowest BCUT2D eigenvalue weighted by molar-refractivity contribution is 0.896. The largest absolute Gasteiger partial charge is 0.392 e. The summed E-state index contributed by atoms with van der Waals surface area (Å²) in [6, 6.07) is 0. The first kappa shape index (κ1) is 6.54. The van der Waals surface area contributed by atoms with Gasteiger partial charge in [-0.15, -0.1) is 0 Å². The summed E-state index contributed by atoms with van der Waals surface area (Å²) in [5.74, 6) is 0. The standard InChI is InChI=1S/C6H13N/c1-4-6(5-2)7-3/h4,7H,5H2,1-3H3. The van der Waals surface area contributed by atoms with Crippen molar-refractivity contribution in [3.63, 3.8) is 0 Å². The van der Waals surface area contributed by atoms with Crippen LogP contribution in [0.2, 0.25) is 0 Å². The van der Waals surface area contributed by atoms with Gasteiger partial charge in [0.1, 0.15) is 0 Å². The number of allylic oxidation sites excluding steroid dienone is 2. The average Bonchev–Trinajstić information content (AvgIpc) is 1.72. The van der Waals surface area contributed by atoms with Gasteiger partial charge in [0, 0.05) is 12.7 Å². The molecule has 7 heavy (non-hydrogen) atoms. The molecule has 0 atom stereocenters. The monoisotopic (exact) mass is 99.1 g/mol. The Labute approximate surface area is 45.4 Å².